The van der Waals surface area contributed by atoms with Crippen molar-refractivity contribution in [3.63, 3.8) is 0 Å². The van der Waals surface area contributed by atoms with E-state index in [4.69, 9.17) is 4.74 Å². The van der Waals surface area contributed by atoms with E-state index < -0.39 is 17.0 Å². The van der Waals surface area contributed by atoms with E-state index in [0.717, 1.165) is 11.3 Å². The molecule has 0 saturated carbocycles. The summed E-state index contributed by atoms with van der Waals surface area (Å²) in [5.41, 5.74) is 0.131. The molecule has 1 N–H and O–H groups in total. The highest BCUT2D eigenvalue weighted by Crippen LogP contribution is 2.22. The predicted octanol–water partition coefficient (Wildman–Crippen LogP) is 4.44. The van der Waals surface area contributed by atoms with E-state index in [1.165, 1.54) is 30.3 Å². The first kappa shape index (κ1) is 17.2. The Hall–Kier alpha value is -3.66. The van der Waals surface area contributed by atoms with Crippen molar-refractivity contribution in [1.29, 1.82) is 0 Å². The third kappa shape index (κ3) is 4.24. The summed E-state index contributed by atoms with van der Waals surface area (Å²) in [4.78, 5) is 23.9. The molecule has 3 rings (SSSR count). The smallest absolute Gasteiger partial charge is 0.220 e. The molecule has 3 aromatic carbocycles. The Morgan fingerprint density at radius 3 is 2.35 bits per heavy atom. The molecule has 0 fully saturated rings. The number of rotatable bonds is 5. The SMILES string of the molecule is O=C(C=Cc1cccc(Oc2ccccc2)c1)c1ccccc(=O)c1O. The van der Waals surface area contributed by atoms with E-state index in [-0.39, 0.29) is 5.56 Å². The molecule has 0 aliphatic rings. The number of ether oxygens (including phenoxy) is 1. The van der Waals surface area contributed by atoms with Crippen molar-refractivity contribution in [2.75, 3.05) is 0 Å². The van der Waals surface area contributed by atoms with Gasteiger partial charge >= 0.3 is 0 Å². The third-order valence-corrected chi connectivity index (χ3v) is 3.64. The number of carbonyl (C=O) groups is 1. The highest BCUT2D eigenvalue weighted by atomic mass is 16.5. The summed E-state index contributed by atoms with van der Waals surface area (Å²) in [6.07, 6.45) is 2.92. The van der Waals surface area contributed by atoms with Gasteiger partial charge in [-0.1, -0.05) is 48.5 Å². The van der Waals surface area contributed by atoms with Crippen LogP contribution in [0.2, 0.25) is 0 Å². The van der Waals surface area contributed by atoms with E-state index in [1.54, 1.807) is 12.1 Å². The fraction of sp³-hybridized carbons (Fsp3) is 0. The molecule has 0 heterocycles. The Kier molecular flexibility index (Phi) is 5.25. The molecular weight excluding hydrogens is 328 g/mol. The second kappa shape index (κ2) is 7.94. The molecule has 4 nitrogen and oxygen atoms in total. The molecule has 26 heavy (non-hydrogen) atoms. The van der Waals surface area contributed by atoms with E-state index in [0.29, 0.717) is 5.75 Å². The van der Waals surface area contributed by atoms with Crippen LogP contribution in [0.3, 0.4) is 0 Å². The van der Waals surface area contributed by atoms with Crippen LogP contribution >= 0.6 is 0 Å². The monoisotopic (exact) mass is 344 g/mol. The van der Waals surface area contributed by atoms with Crippen molar-refractivity contribution in [3.8, 4) is 17.2 Å². The molecule has 0 aromatic heterocycles. The Balaban J connectivity index is 1.80. The van der Waals surface area contributed by atoms with E-state index in [1.807, 2.05) is 48.5 Å². The highest BCUT2D eigenvalue weighted by Gasteiger charge is 2.09. The maximum absolute atomic E-state index is 12.3. The van der Waals surface area contributed by atoms with Crippen molar-refractivity contribution >= 4 is 11.9 Å². The molecule has 0 amide bonds. The van der Waals surface area contributed by atoms with E-state index in [9.17, 15) is 14.7 Å². The van der Waals surface area contributed by atoms with Crippen LogP contribution < -0.4 is 10.2 Å². The van der Waals surface area contributed by atoms with Gasteiger partial charge in [-0.3, -0.25) is 9.59 Å². The average Bonchev–Trinajstić information content (AvgIpc) is 2.82. The first-order chi connectivity index (χ1) is 12.6. The van der Waals surface area contributed by atoms with Gasteiger partial charge in [-0.15, -0.1) is 0 Å². The second-order valence-corrected chi connectivity index (χ2v) is 5.53. The van der Waals surface area contributed by atoms with Crippen LogP contribution in [0.25, 0.3) is 6.08 Å². The summed E-state index contributed by atoms with van der Waals surface area (Å²) in [6, 6.07) is 22.3. The Morgan fingerprint density at radius 2 is 1.54 bits per heavy atom. The largest absolute Gasteiger partial charge is 0.504 e. The number of benzene rings is 2. The van der Waals surface area contributed by atoms with Crippen molar-refractivity contribution in [3.05, 3.63) is 106 Å². The number of allylic oxidation sites excluding steroid dienone is 1. The van der Waals surface area contributed by atoms with Gasteiger partial charge in [0.15, 0.2) is 11.5 Å². The number of ketones is 1. The topological polar surface area (TPSA) is 63.6 Å². The predicted molar refractivity (Wildman–Crippen MR) is 101 cm³/mol. The Labute approximate surface area is 150 Å². The van der Waals surface area contributed by atoms with Gasteiger partial charge in [0, 0.05) is 0 Å². The number of aromatic hydroxyl groups is 1. The fourth-order valence-electron chi connectivity index (χ4n) is 2.35. The molecule has 128 valence electrons. The van der Waals surface area contributed by atoms with Gasteiger partial charge in [-0.2, -0.15) is 0 Å². The van der Waals surface area contributed by atoms with Crippen LogP contribution in [0.4, 0.5) is 0 Å². The minimum absolute atomic E-state index is 0.0343. The lowest BCUT2D eigenvalue weighted by molar-refractivity contribution is 0.104. The maximum atomic E-state index is 12.3. The first-order valence-electron chi connectivity index (χ1n) is 8.01. The van der Waals surface area contributed by atoms with Gasteiger partial charge in [-0.25, -0.2) is 0 Å². The quantitative estimate of drug-likeness (QED) is 0.549. The van der Waals surface area contributed by atoms with Gasteiger partial charge in [0.2, 0.25) is 5.43 Å². The molecule has 3 aromatic rings. The molecule has 0 spiro atoms. The minimum atomic E-state index is -0.593. The zero-order valence-corrected chi connectivity index (χ0v) is 13.8. The zero-order chi connectivity index (χ0) is 18.4. The number of hydrogen-bond acceptors (Lipinski definition) is 4. The first-order valence-corrected chi connectivity index (χ1v) is 8.01. The molecule has 4 heteroatoms. The van der Waals surface area contributed by atoms with E-state index >= 15 is 0 Å². The molecule has 0 radical (unpaired) electrons. The van der Waals surface area contributed by atoms with Gasteiger partial charge in [-0.05, 0) is 48.0 Å². The lowest BCUT2D eigenvalue weighted by atomic mass is 10.1. The summed E-state index contributed by atoms with van der Waals surface area (Å²) in [5, 5.41) is 9.85. The third-order valence-electron chi connectivity index (χ3n) is 3.64. The molecule has 0 bridgehead atoms. The van der Waals surface area contributed by atoms with Gasteiger partial charge in [0.05, 0.1) is 5.56 Å². The van der Waals surface area contributed by atoms with Crippen molar-refractivity contribution in [1.82, 2.24) is 0 Å². The van der Waals surface area contributed by atoms with Crippen LogP contribution in [0.15, 0.2) is 89.7 Å². The Morgan fingerprint density at radius 1 is 0.846 bits per heavy atom. The molecule has 0 aliphatic carbocycles. The lowest BCUT2D eigenvalue weighted by Crippen LogP contribution is -2.01. The molecule has 0 unspecified atom stereocenters. The van der Waals surface area contributed by atoms with Gasteiger partial charge in [0.1, 0.15) is 11.5 Å². The Bertz CT molecular complexity index is 1010. The summed E-state index contributed by atoms with van der Waals surface area (Å²) in [7, 11) is 0. The van der Waals surface area contributed by atoms with Crippen LogP contribution in [-0.4, -0.2) is 10.9 Å². The number of para-hydroxylation sites is 1. The van der Waals surface area contributed by atoms with Crippen molar-refractivity contribution in [2.24, 2.45) is 0 Å². The molecule has 0 saturated heterocycles. The van der Waals surface area contributed by atoms with Gasteiger partial charge < -0.3 is 9.84 Å². The number of carbonyl (C=O) groups excluding carboxylic acids is 1. The van der Waals surface area contributed by atoms with Crippen molar-refractivity contribution < 1.29 is 14.6 Å². The number of hydrogen-bond donors (Lipinski definition) is 1. The van der Waals surface area contributed by atoms with Crippen molar-refractivity contribution in [2.45, 2.75) is 0 Å². The van der Waals surface area contributed by atoms with Crippen LogP contribution in [0.1, 0.15) is 15.9 Å². The van der Waals surface area contributed by atoms with E-state index in [2.05, 4.69) is 0 Å². The van der Waals surface area contributed by atoms with Crippen LogP contribution in [0, 0.1) is 0 Å². The van der Waals surface area contributed by atoms with Gasteiger partial charge in [0.25, 0.3) is 0 Å². The summed E-state index contributed by atoms with van der Waals surface area (Å²) in [6.45, 7) is 0. The summed E-state index contributed by atoms with van der Waals surface area (Å²) in [5.74, 6) is 0.354. The van der Waals surface area contributed by atoms with Crippen LogP contribution in [0.5, 0.6) is 17.2 Å². The van der Waals surface area contributed by atoms with Crippen LogP contribution in [-0.2, 0) is 0 Å². The zero-order valence-electron chi connectivity index (χ0n) is 13.8. The highest BCUT2D eigenvalue weighted by molar-refractivity contribution is 6.08. The molecule has 0 atom stereocenters. The fourth-order valence-corrected chi connectivity index (χ4v) is 2.35. The summed E-state index contributed by atoms with van der Waals surface area (Å²) >= 11 is 0. The second-order valence-electron chi connectivity index (χ2n) is 5.53. The normalized spacial score (nSPS) is 10.6. The maximum Gasteiger partial charge on any atom is 0.220 e. The minimum Gasteiger partial charge on any atom is -0.504 e. The summed E-state index contributed by atoms with van der Waals surface area (Å²) < 4.78 is 5.76. The standard InChI is InChI=1S/C22H16O4/c23-20(19-11-4-5-12-21(24)22(19)25)14-13-16-7-6-10-18(15-16)26-17-8-2-1-3-9-17/h1-15H,(H,24,25). The average molecular weight is 344 g/mol. The molecular formula is C22H16O4. The lowest BCUT2D eigenvalue weighted by Gasteiger charge is -2.05. The molecule has 0 aliphatic heterocycles.